The second kappa shape index (κ2) is 7.58. The van der Waals surface area contributed by atoms with Crippen LogP contribution in [-0.4, -0.2) is 45.1 Å². The Morgan fingerprint density at radius 3 is 2.50 bits per heavy atom. The summed E-state index contributed by atoms with van der Waals surface area (Å²) in [6, 6.07) is 1.81. The van der Waals surface area contributed by atoms with E-state index in [4.69, 9.17) is 4.74 Å². The molecule has 1 N–H and O–H groups in total. The Morgan fingerprint density at radius 1 is 1.29 bits per heavy atom. The molecule has 1 aliphatic rings. The molecule has 2 aromatic rings. The maximum Gasteiger partial charge on any atom is 0.410 e. The molecule has 28 heavy (non-hydrogen) atoms. The highest BCUT2D eigenvalue weighted by atomic mass is 32.1. The van der Waals surface area contributed by atoms with Gasteiger partial charge in [0.05, 0.1) is 15.8 Å². The lowest BCUT2D eigenvalue weighted by atomic mass is 9.96. The van der Waals surface area contributed by atoms with Crippen molar-refractivity contribution in [3.8, 4) is 5.75 Å². The summed E-state index contributed by atoms with van der Waals surface area (Å²) in [5.41, 5.74) is -0.286. The normalized spacial score (nSPS) is 15.8. The number of carbonyl (C=O) groups excluding carboxylic acids is 2. The number of hydrogen-bond donors (Lipinski definition) is 1. The molecule has 0 radical (unpaired) electrons. The van der Waals surface area contributed by atoms with Gasteiger partial charge in [0.15, 0.2) is 11.5 Å². The molecule has 7 nitrogen and oxygen atoms in total. The standard InChI is InChI=1S/C20H26N2O5S/c1-12(23)15-16(24)18(25)22(14-7-10-28-17(14)15)11-13-5-8-21(9-6-13)19(26)27-20(2,3)4/h7,10,13,24H,5-6,8-9,11H2,1-4H3. The van der Waals surface area contributed by atoms with Crippen molar-refractivity contribution in [1.29, 1.82) is 0 Å². The lowest BCUT2D eigenvalue weighted by Gasteiger charge is -2.33. The first-order chi connectivity index (χ1) is 13.1. The van der Waals surface area contributed by atoms with Gasteiger partial charge in [0.2, 0.25) is 0 Å². The molecule has 1 saturated heterocycles. The summed E-state index contributed by atoms with van der Waals surface area (Å²) in [6.45, 7) is 8.45. The number of ether oxygens (including phenoxy) is 1. The van der Waals surface area contributed by atoms with Crippen molar-refractivity contribution in [3.05, 3.63) is 27.4 Å². The maximum absolute atomic E-state index is 12.7. The predicted octanol–water partition coefficient (Wildman–Crippen LogP) is 3.62. The molecule has 0 spiro atoms. The smallest absolute Gasteiger partial charge is 0.410 e. The summed E-state index contributed by atoms with van der Waals surface area (Å²) in [7, 11) is 0. The third kappa shape index (κ3) is 4.06. The number of Topliss-reactive ketones (excluding diaryl/α,β-unsaturated/α-hetero) is 1. The molecule has 1 fully saturated rings. The number of thiophene rings is 1. The molecule has 0 aliphatic carbocycles. The van der Waals surface area contributed by atoms with Gasteiger partial charge in [-0.05, 0) is 57.9 Å². The average Bonchev–Trinajstić information content (AvgIpc) is 3.06. The van der Waals surface area contributed by atoms with Gasteiger partial charge >= 0.3 is 6.09 Å². The van der Waals surface area contributed by atoms with E-state index in [9.17, 15) is 19.5 Å². The highest BCUT2D eigenvalue weighted by Crippen LogP contribution is 2.30. The van der Waals surface area contributed by atoms with E-state index in [-0.39, 0.29) is 23.4 Å². The molecular weight excluding hydrogens is 380 g/mol. The van der Waals surface area contributed by atoms with E-state index in [1.54, 1.807) is 9.47 Å². The molecule has 0 bridgehead atoms. The quantitative estimate of drug-likeness (QED) is 0.787. The Balaban J connectivity index is 1.77. The van der Waals surface area contributed by atoms with E-state index in [0.29, 0.717) is 29.9 Å². The molecule has 1 aliphatic heterocycles. The first kappa shape index (κ1) is 20.4. The van der Waals surface area contributed by atoms with Gasteiger partial charge in [0, 0.05) is 19.6 Å². The largest absolute Gasteiger partial charge is 0.502 e. The molecule has 0 saturated carbocycles. The van der Waals surface area contributed by atoms with Crippen molar-refractivity contribution in [3.63, 3.8) is 0 Å². The van der Waals surface area contributed by atoms with E-state index >= 15 is 0 Å². The van der Waals surface area contributed by atoms with Gasteiger partial charge in [-0.15, -0.1) is 11.3 Å². The number of amides is 1. The topological polar surface area (TPSA) is 88.8 Å². The second-order valence-electron chi connectivity index (χ2n) is 8.24. The summed E-state index contributed by atoms with van der Waals surface area (Å²) in [5, 5.41) is 12.1. The monoisotopic (exact) mass is 406 g/mol. The Bertz CT molecular complexity index is 961. The van der Waals surface area contributed by atoms with Gasteiger partial charge in [0.25, 0.3) is 5.56 Å². The van der Waals surface area contributed by atoms with Crippen LogP contribution in [0.5, 0.6) is 5.75 Å². The molecule has 1 amide bonds. The fourth-order valence-electron chi connectivity index (χ4n) is 3.54. The SMILES string of the molecule is CC(=O)c1c(O)c(=O)n(CC2CCN(C(=O)OC(C)(C)C)CC2)c2ccsc12. The van der Waals surface area contributed by atoms with Crippen LogP contribution in [0, 0.1) is 5.92 Å². The molecule has 3 heterocycles. The third-order valence-corrected chi connectivity index (χ3v) is 5.83. The van der Waals surface area contributed by atoms with Crippen LogP contribution in [-0.2, 0) is 11.3 Å². The number of aromatic hydroxyl groups is 1. The number of pyridine rings is 1. The van der Waals surface area contributed by atoms with Crippen LogP contribution in [0.1, 0.15) is 50.9 Å². The van der Waals surface area contributed by atoms with E-state index in [1.165, 1.54) is 18.3 Å². The van der Waals surface area contributed by atoms with Crippen LogP contribution in [0.2, 0.25) is 0 Å². The number of fused-ring (bicyclic) bond motifs is 1. The summed E-state index contributed by atoms with van der Waals surface area (Å²) in [4.78, 5) is 38.5. The van der Waals surface area contributed by atoms with Gasteiger partial charge in [-0.25, -0.2) is 4.79 Å². The third-order valence-electron chi connectivity index (χ3n) is 4.91. The van der Waals surface area contributed by atoms with E-state index in [2.05, 4.69) is 0 Å². The molecule has 0 aromatic carbocycles. The summed E-state index contributed by atoms with van der Waals surface area (Å²) < 4.78 is 7.61. The van der Waals surface area contributed by atoms with E-state index in [1.807, 2.05) is 32.2 Å². The highest BCUT2D eigenvalue weighted by Gasteiger charge is 2.28. The number of likely N-dealkylation sites (tertiary alicyclic amines) is 1. The van der Waals surface area contributed by atoms with Crippen LogP contribution in [0.15, 0.2) is 16.2 Å². The van der Waals surface area contributed by atoms with E-state index in [0.717, 1.165) is 12.8 Å². The Labute approximate surface area is 167 Å². The van der Waals surface area contributed by atoms with Crippen molar-refractivity contribution in [2.24, 2.45) is 5.92 Å². The number of piperidine rings is 1. The predicted molar refractivity (Wildman–Crippen MR) is 108 cm³/mol. The first-order valence-electron chi connectivity index (χ1n) is 9.40. The van der Waals surface area contributed by atoms with Crippen LogP contribution in [0.4, 0.5) is 4.79 Å². The molecular formula is C20H26N2O5S. The number of carbonyl (C=O) groups is 2. The number of nitrogens with zero attached hydrogens (tertiary/aromatic N) is 2. The zero-order chi connectivity index (χ0) is 20.6. The summed E-state index contributed by atoms with van der Waals surface area (Å²) >= 11 is 1.34. The van der Waals surface area contributed by atoms with Crippen LogP contribution >= 0.6 is 11.3 Å². The molecule has 2 aromatic heterocycles. The zero-order valence-electron chi connectivity index (χ0n) is 16.7. The van der Waals surface area contributed by atoms with Crippen molar-refractivity contribution < 1.29 is 19.4 Å². The minimum Gasteiger partial charge on any atom is -0.502 e. The molecule has 3 rings (SSSR count). The van der Waals surface area contributed by atoms with Crippen LogP contribution in [0.25, 0.3) is 10.2 Å². The summed E-state index contributed by atoms with van der Waals surface area (Å²) in [5.74, 6) is -0.601. The van der Waals surface area contributed by atoms with Crippen LogP contribution < -0.4 is 5.56 Å². The Kier molecular flexibility index (Phi) is 5.52. The first-order valence-corrected chi connectivity index (χ1v) is 10.3. The Hall–Kier alpha value is -2.35. The highest BCUT2D eigenvalue weighted by molar-refractivity contribution is 7.17. The van der Waals surface area contributed by atoms with Gasteiger partial charge in [-0.2, -0.15) is 0 Å². The minimum atomic E-state index is -0.536. The minimum absolute atomic E-state index is 0.103. The van der Waals surface area contributed by atoms with Gasteiger partial charge in [-0.3, -0.25) is 9.59 Å². The van der Waals surface area contributed by atoms with Gasteiger partial charge in [-0.1, -0.05) is 0 Å². The second-order valence-corrected chi connectivity index (χ2v) is 9.16. The van der Waals surface area contributed by atoms with Crippen molar-refractivity contribution in [2.75, 3.05) is 13.1 Å². The van der Waals surface area contributed by atoms with Crippen molar-refractivity contribution in [2.45, 2.75) is 52.7 Å². The molecule has 0 atom stereocenters. The lowest BCUT2D eigenvalue weighted by Crippen LogP contribution is -2.42. The molecule has 152 valence electrons. The van der Waals surface area contributed by atoms with Crippen molar-refractivity contribution in [1.82, 2.24) is 9.47 Å². The molecule has 8 heteroatoms. The number of hydrogen-bond acceptors (Lipinski definition) is 6. The average molecular weight is 407 g/mol. The maximum atomic E-state index is 12.7. The van der Waals surface area contributed by atoms with E-state index < -0.39 is 16.9 Å². The number of rotatable bonds is 3. The van der Waals surface area contributed by atoms with Gasteiger partial charge < -0.3 is 19.3 Å². The fourth-order valence-corrected chi connectivity index (χ4v) is 4.53. The molecule has 0 unspecified atom stereocenters. The number of aromatic nitrogens is 1. The number of ketones is 1. The Morgan fingerprint density at radius 2 is 1.93 bits per heavy atom. The van der Waals surface area contributed by atoms with Gasteiger partial charge in [0.1, 0.15) is 5.60 Å². The lowest BCUT2D eigenvalue weighted by molar-refractivity contribution is 0.0178. The zero-order valence-corrected chi connectivity index (χ0v) is 17.5. The fraction of sp³-hybridized carbons (Fsp3) is 0.550. The summed E-state index contributed by atoms with van der Waals surface area (Å²) in [6.07, 6.45) is 1.17. The van der Waals surface area contributed by atoms with Crippen LogP contribution in [0.3, 0.4) is 0 Å². The van der Waals surface area contributed by atoms with Crippen molar-refractivity contribution >= 4 is 33.4 Å².